The van der Waals surface area contributed by atoms with Crippen LogP contribution in [0.25, 0.3) is 22.3 Å². The summed E-state index contributed by atoms with van der Waals surface area (Å²) in [6.07, 6.45) is 4.40. The number of amides is 1. The van der Waals surface area contributed by atoms with Crippen molar-refractivity contribution in [3.63, 3.8) is 0 Å². The van der Waals surface area contributed by atoms with E-state index in [0.717, 1.165) is 23.8 Å². The van der Waals surface area contributed by atoms with Crippen LogP contribution in [-0.2, 0) is 25.6 Å². The predicted octanol–water partition coefficient (Wildman–Crippen LogP) is 4.02. The molecule has 1 heterocycles. The summed E-state index contributed by atoms with van der Waals surface area (Å²) in [5.41, 5.74) is 2.94. The molecule has 36 heavy (non-hydrogen) atoms. The van der Waals surface area contributed by atoms with Gasteiger partial charge in [-0.15, -0.1) is 0 Å². The zero-order valence-corrected chi connectivity index (χ0v) is 21.9. The van der Waals surface area contributed by atoms with Crippen molar-refractivity contribution in [2.24, 2.45) is 0 Å². The molecule has 0 saturated carbocycles. The Balaban J connectivity index is 1.68. The molecule has 10 heteroatoms. The molecular weight excluding hydrogens is 502 g/mol. The molecule has 0 spiro atoms. The van der Waals surface area contributed by atoms with Gasteiger partial charge in [0.2, 0.25) is 5.91 Å². The highest BCUT2D eigenvalue weighted by atomic mass is 35.5. The van der Waals surface area contributed by atoms with Gasteiger partial charge in [-0.05, 0) is 56.5 Å². The normalized spacial score (nSPS) is 15.6. The number of nitrogens with one attached hydrogen (secondary N) is 1. The fourth-order valence-corrected chi connectivity index (χ4v) is 4.81. The Labute approximate surface area is 215 Å². The van der Waals surface area contributed by atoms with Gasteiger partial charge in [0, 0.05) is 22.5 Å². The zero-order chi connectivity index (χ0) is 26.0. The molecule has 1 amide bonds. The van der Waals surface area contributed by atoms with Crippen LogP contribution in [0.3, 0.4) is 0 Å². The van der Waals surface area contributed by atoms with Gasteiger partial charge in [0.05, 0.1) is 23.8 Å². The minimum absolute atomic E-state index is 0.0646. The van der Waals surface area contributed by atoms with Gasteiger partial charge >= 0.3 is 0 Å². The van der Waals surface area contributed by atoms with Crippen molar-refractivity contribution in [1.29, 1.82) is 0 Å². The van der Waals surface area contributed by atoms with Crippen molar-refractivity contribution in [2.45, 2.75) is 45.2 Å². The van der Waals surface area contributed by atoms with Crippen LogP contribution < -0.4 is 10.9 Å². The fraction of sp³-hybridized carbons (Fsp3) is 0.346. The first-order chi connectivity index (χ1) is 17.0. The Morgan fingerprint density at radius 2 is 2.00 bits per heavy atom. The summed E-state index contributed by atoms with van der Waals surface area (Å²) in [6.45, 7) is 3.67. The molecule has 0 fully saturated rings. The smallest absolute Gasteiger partial charge is 0.264 e. The average molecular weight is 530 g/mol. The van der Waals surface area contributed by atoms with Gasteiger partial charge in [-0.2, -0.15) is 8.42 Å². The number of nitrogens with zero attached hydrogens (tertiary/aromatic N) is 2. The highest BCUT2D eigenvalue weighted by molar-refractivity contribution is 7.85. The average Bonchev–Trinajstić information content (AvgIpc) is 2.75. The molecule has 3 aromatic rings. The molecule has 4 rings (SSSR count). The number of allylic oxidation sites excluding steroid dienone is 1. The van der Waals surface area contributed by atoms with Crippen LogP contribution >= 0.6 is 11.6 Å². The Bertz CT molecular complexity index is 1510. The van der Waals surface area contributed by atoms with Crippen LogP contribution in [0, 0.1) is 0 Å². The van der Waals surface area contributed by atoms with Gasteiger partial charge < -0.3 is 5.32 Å². The lowest BCUT2D eigenvalue weighted by Crippen LogP contribution is -2.37. The second kappa shape index (κ2) is 10.5. The molecular formula is C26H28ClN3O5S. The fourth-order valence-electron chi connectivity index (χ4n) is 4.23. The second-order valence-electron chi connectivity index (χ2n) is 9.25. The van der Waals surface area contributed by atoms with E-state index in [9.17, 15) is 18.0 Å². The molecule has 1 aromatic heterocycles. The van der Waals surface area contributed by atoms with E-state index in [1.54, 1.807) is 24.3 Å². The number of fused-ring (bicyclic) bond motifs is 1. The Hall–Kier alpha value is -3.01. The summed E-state index contributed by atoms with van der Waals surface area (Å²) in [7, 11) is -3.45. The Morgan fingerprint density at radius 3 is 2.67 bits per heavy atom. The number of halogens is 1. The lowest BCUT2D eigenvalue weighted by Gasteiger charge is -2.26. The zero-order valence-electron chi connectivity index (χ0n) is 20.3. The van der Waals surface area contributed by atoms with Gasteiger partial charge in [0.1, 0.15) is 12.4 Å². The SMILES string of the molecule is CC(C)NC(=O)Cn1c(-c2cccc(Cl)c2)nc2ccc(C3C=C(CCOS(C)(=O)=O)C3)cc2c1=O. The quantitative estimate of drug-likeness (QED) is 0.331. The lowest BCUT2D eigenvalue weighted by atomic mass is 9.80. The molecule has 1 atom stereocenters. The molecule has 2 aromatic carbocycles. The van der Waals surface area contributed by atoms with E-state index >= 15 is 0 Å². The van der Waals surface area contributed by atoms with Crippen molar-refractivity contribution in [2.75, 3.05) is 12.9 Å². The molecule has 0 saturated heterocycles. The molecule has 1 N–H and O–H groups in total. The minimum Gasteiger partial charge on any atom is -0.352 e. The first-order valence-electron chi connectivity index (χ1n) is 11.6. The molecule has 0 bridgehead atoms. The molecule has 0 radical (unpaired) electrons. The monoisotopic (exact) mass is 529 g/mol. The minimum atomic E-state index is -3.45. The number of benzene rings is 2. The summed E-state index contributed by atoms with van der Waals surface area (Å²) in [5.74, 6) is 0.209. The van der Waals surface area contributed by atoms with Crippen molar-refractivity contribution < 1.29 is 17.4 Å². The third kappa shape index (κ3) is 6.21. The van der Waals surface area contributed by atoms with Gasteiger partial charge in [-0.25, -0.2) is 4.98 Å². The summed E-state index contributed by atoms with van der Waals surface area (Å²) in [6, 6.07) is 12.6. The third-order valence-corrected chi connectivity index (χ3v) is 6.71. The van der Waals surface area contributed by atoms with Gasteiger partial charge in [0.15, 0.2) is 0 Å². The van der Waals surface area contributed by atoms with E-state index in [1.807, 2.05) is 32.0 Å². The van der Waals surface area contributed by atoms with Crippen LogP contribution in [0.15, 0.2) is 58.9 Å². The highest BCUT2D eigenvalue weighted by Crippen LogP contribution is 2.37. The van der Waals surface area contributed by atoms with E-state index in [2.05, 4.69) is 11.4 Å². The van der Waals surface area contributed by atoms with Gasteiger partial charge in [-0.3, -0.25) is 18.3 Å². The highest BCUT2D eigenvalue weighted by Gasteiger charge is 2.23. The first kappa shape index (κ1) is 26.1. The van der Waals surface area contributed by atoms with E-state index in [1.165, 1.54) is 4.57 Å². The van der Waals surface area contributed by atoms with Gasteiger partial charge in [0.25, 0.3) is 15.7 Å². The molecule has 0 aliphatic heterocycles. The van der Waals surface area contributed by atoms with Crippen molar-refractivity contribution in [1.82, 2.24) is 14.9 Å². The van der Waals surface area contributed by atoms with E-state index < -0.39 is 10.1 Å². The number of carbonyl (C=O) groups excluding carboxylic acids is 1. The van der Waals surface area contributed by atoms with Crippen LogP contribution in [0.1, 0.15) is 38.2 Å². The maximum absolute atomic E-state index is 13.6. The predicted molar refractivity (Wildman–Crippen MR) is 141 cm³/mol. The first-order valence-corrected chi connectivity index (χ1v) is 13.8. The van der Waals surface area contributed by atoms with E-state index in [0.29, 0.717) is 33.7 Å². The third-order valence-electron chi connectivity index (χ3n) is 5.88. The number of carbonyl (C=O) groups is 1. The number of aromatic nitrogens is 2. The Kier molecular flexibility index (Phi) is 7.63. The number of hydrogen-bond acceptors (Lipinski definition) is 6. The molecule has 1 unspecified atom stereocenters. The number of hydrogen-bond donors (Lipinski definition) is 1. The van der Waals surface area contributed by atoms with Crippen LogP contribution in [0.4, 0.5) is 0 Å². The maximum Gasteiger partial charge on any atom is 0.264 e. The summed E-state index contributed by atoms with van der Waals surface area (Å²) >= 11 is 6.19. The molecule has 1 aliphatic carbocycles. The second-order valence-corrected chi connectivity index (χ2v) is 11.3. The number of rotatable bonds is 9. The summed E-state index contributed by atoms with van der Waals surface area (Å²) < 4.78 is 28.5. The van der Waals surface area contributed by atoms with E-state index in [4.69, 9.17) is 20.8 Å². The maximum atomic E-state index is 13.6. The van der Waals surface area contributed by atoms with Crippen molar-refractivity contribution in [3.8, 4) is 11.4 Å². The topological polar surface area (TPSA) is 107 Å². The molecule has 1 aliphatic rings. The van der Waals surface area contributed by atoms with Crippen LogP contribution in [0.2, 0.25) is 5.02 Å². The van der Waals surface area contributed by atoms with Gasteiger partial charge in [-0.1, -0.05) is 41.4 Å². The van der Waals surface area contributed by atoms with Crippen molar-refractivity contribution in [3.05, 3.63) is 75.1 Å². The lowest BCUT2D eigenvalue weighted by molar-refractivity contribution is -0.122. The molecule has 8 nitrogen and oxygen atoms in total. The van der Waals surface area contributed by atoms with Crippen LogP contribution in [0.5, 0.6) is 0 Å². The largest absolute Gasteiger partial charge is 0.352 e. The van der Waals surface area contributed by atoms with Crippen molar-refractivity contribution >= 4 is 38.5 Å². The van der Waals surface area contributed by atoms with Crippen LogP contribution in [-0.4, -0.2) is 42.8 Å². The van der Waals surface area contributed by atoms with E-state index in [-0.39, 0.29) is 36.6 Å². The molecule has 190 valence electrons. The standard InChI is InChI=1S/C26H28ClN3O5S/c1-16(2)28-24(31)15-30-25(19-5-4-6-21(27)13-19)29-23-8-7-18(14-22(23)26(30)32)20-11-17(12-20)9-10-35-36(3,33)34/h4-8,11,13-14,16,20H,9-10,12,15H2,1-3H3,(H,28,31). The Morgan fingerprint density at radius 1 is 1.25 bits per heavy atom. The summed E-state index contributed by atoms with van der Waals surface area (Å²) in [4.78, 5) is 31.0. The summed E-state index contributed by atoms with van der Waals surface area (Å²) in [5, 5.41) is 3.76.